The zero-order chi connectivity index (χ0) is 18.9. The van der Waals surface area contributed by atoms with E-state index in [2.05, 4.69) is 41.3 Å². The molecule has 1 heterocycles. The lowest BCUT2D eigenvalue weighted by Gasteiger charge is -2.22. The Kier molecular flexibility index (Phi) is 10.7. The summed E-state index contributed by atoms with van der Waals surface area (Å²) in [7, 11) is 1.84. The maximum atomic E-state index is 12.1. The van der Waals surface area contributed by atoms with Crippen LogP contribution in [-0.2, 0) is 6.54 Å². The smallest absolute Gasteiger partial charge is 0.251 e. The maximum Gasteiger partial charge on any atom is 0.251 e. The first kappa shape index (κ1) is 23.7. The van der Waals surface area contributed by atoms with Gasteiger partial charge in [0.05, 0.1) is 0 Å². The van der Waals surface area contributed by atoms with E-state index < -0.39 is 0 Å². The van der Waals surface area contributed by atoms with E-state index in [1.54, 1.807) is 0 Å². The third kappa shape index (κ3) is 7.68. The third-order valence-electron chi connectivity index (χ3n) is 4.78. The second-order valence-electron chi connectivity index (χ2n) is 7.59. The molecule has 1 aromatic carbocycles. The van der Waals surface area contributed by atoms with Gasteiger partial charge in [-0.3, -0.25) is 9.79 Å². The van der Waals surface area contributed by atoms with Crippen molar-refractivity contribution >= 4 is 35.8 Å². The number of halogens is 1. The second-order valence-corrected chi connectivity index (χ2v) is 7.59. The minimum Gasteiger partial charge on any atom is -0.352 e. The summed E-state index contributed by atoms with van der Waals surface area (Å²) < 4.78 is 0. The molecule has 1 fully saturated rings. The normalized spacial score (nSPS) is 17.0. The summed E-state index contributed by atoms with van der Waals surface area (Å²) in [5.41, 5.74) is 1.80. The van der Waals surface area contributed by atoms with E-state index in [1.807, 2.05) is 31.3 Å². The summed E-state index contributed by atoms with van der Waals surface area (Å²) in [5, 5.41) is 6.38. The van der Waals surface area contributed by atoms with Crippen LogP contribution in [0.4, 0.5) is 0 Å². The van der Waals surface area contributed by atoms with Crippen LogP contribution in [0.25, 0.3) is 0 Å². The van der Waals surface area contributed by atoms with Crippen molar-refractivity contribution in [1.82, 2.24) is 15.5 Å². The molecule has 1 aromatic rings. The van der Waals surface area contributed by atoms with Gasteiger partial charge < -0.3 is 15.5 Å². The van der Waals surface area contributed by atoms with Crippen LogP contribution in [0.2, 0.25) is 0 Å². The second kappa shape index (κ2) is 12.2. The van der Waals surface area contributed by atoms with Crippen LogP contribution in [-0.4, -0.2) is 43.4 Å². The van der Waals surface area contributed by atoms with Crippen LogP contribution in [0.15, 0.2) is 29.3 Å². The summed E-state index contributed by atoms with van der Waals surface area (Å²) in [6, 6.07) is 7.80. The van der Waals surface area contributed by atoms with E-state index in [0.717, 1.165) is 42.9 Å². The van der Waals surface area contributed by atoms with Gasteiger partial charge in [0.2, 0.25) is 0 Å². The number of nitrogens with one attached hydrogen (secondary N) is 2. The standard InChI is InChI=1S/C21H34N4O.HI/c1-5-10-23-20(26)19-8-6-7-17(13-19)14-24-21(22-4)25-11-9-18(15-25)12-16(2)3;/h6-8,13,16,18H,5,9-12,14-15H2,1-4H3,(H,22,24)(H,23,26);1H. The number of amides is 1. The van der Waals surface area contributed by atoms with Crippen LogP contribution in [0, 0.1) is 11.8 Å². The number of aliphatic imine (C=N–C) groups is 1. The fraction of sp³-hybridized carbons (Fsp3) is 0.619. The van der Waals surface area contributed by atoms with Gasteiger partial charge in [0.25, 0.3) is 5.91 Å². The molecule has 2 N–H and O–H groups in total. The lowest BCUT2D eigenvalue weighted by Crippen LogP contribution is -2.39. The van der Waals surface area contributed by atoms with Crippen molar-refractivity contribution < 1.29 is 4.79 Å². The van der Waals surface area contributed by atoms with E-state index in [-0.39, 0.29) is 29.9 Å². The van der Waals surface area contributed by atoms with Crippen molar-refractivity contribution in [2.45, 2.75) is 46.6 Å². The fourth-order valence-electron chi connectivity index (χ4n) is 3.56. The van der Waals surface area contributed by atoms with Crippen LogP contribution in [0.5, 0.6) is 0 Å². The quantitative estimate of drug-likeness (QED) is 0.350. The van der Waals surface area contributed by atoms with Crippen LogP contribution < -0.4 is 10.6 Å². The van der Waals surface area contributed by atoms with Gasteiger partial charge in [0, 0.05) is 38.8 Å². The monoisotopic (exact) mass is 486 g/mol. The van der Waals surface area contributed by atoms with Gasteiger partial charge >= 0.3 is 0 Å². The molecule has 1 aliphatic rings. The molecule has 1 unspecified atom stereocenters. The molecule has 27 heavy (non-hydrogen) atoms. The highest BCUT2D eigenvalue weighted by atomic mass is 127. The predicted molar refractivity (Wildman–Crippen MR) is 124 cm³/mol. The number of likely N-dealkylation sites (tertiary alicyclic amines) is 1. The van der Waals surface area contributed by atoms with Gasteiger partial charge in [-0.25, -0.2) is 0 Å². The van der Waals surface area contributed by atoms with E-state index in [0.29, 0.717) is 18.7 Å². The maximum absolute atomic E-state index is 12.1. The Labute approximate surface area is 181 Å². The minimum absolute atomic E-state index is 0. The van der Waals surface area contributed by atoms with Gasteiger partial charge in [0.15, 0.2) is 5.96 Å². The first-order valence-corrected chi connectivity index (χ1v) is 9.86. The number of hydrogen-bond acceptors (Lipinski definition) is 2. The number of guanidine groups is 1. The van der Waals surface area contributed by atoms with Crippen molar-refractivity contribution in [3.8, 4) is 0 Å². The van der Waals surface area contributed by atoms with Gasteiger partial charge in [-0.2, -0.15) is 0 Å². The highest BCUT2D eigenvalue weighted by molar-refractivity contribution is 14.0. The Morgan fingerprint density at radius 1 is 1.33 bits per heavy atom. The summed E-state index contributed by atoms with van der Waals surface area (Å²) in [4.78, 5) is 18.9. The average Bonchev–Trinajstić information content (AvgIpc) is 3.08. The van der Waals surface area contributed by atoms with E-state index in [9.17, 15) is 4.79 Å². The minimum atomic E-state index is -0.00541. The largest absolute Gasteiger partial charge is 0.352 e. The Bertz CT molecular complexity index is 618. The SMILES string of the molecule is CCCNC(=O)c1cccc(CNC(=NC)N2CCC(CC(C)C)C2)c1.I. The average molecular weight is 486 g/mol. The molecular formula is C21H35IN4O. The highest BCUT2D eigenvalue weighted by Gasteiger charge is 2.25. The Morgan fingerprint density at radius 3 is 2.78 bits per heavy atom. The van der Waals surface area contributed by atoms with Gasteiger partial charge in [-0.15, -0.1) is 24.0 Å². The summed E-state index contributed by atoms with van der Waals surface area (Å²) in [6.45, 7) is 10.2. The highest BCUT2D eigenvalue weighted by Crippen LogP contribution is 2.23. The van der Waals surface area contributed by atoms with Crippen molar-refractivity contribution in [2.24, 2.45) is 16.8 Å². The van der Waals surface area contributed by atoms with E-state index >= 15 is 0 Å². The number of rotatable bonds is 7. The topological polar surface area (TPSA) is 56.7 Å². The number of benzene rings is 1. The molecule has 6 heteroatoms. The lowest BCUT2D eigenvalue weighted by molar-refractivity contribution is 0.0953. The predicted octanol–water partition coefficient (Wildman–Crippen LogP) is 3.89. The molecule has 0 saturated carbocycles. The number of carbonyl (C=O) groups excluding carboxylic acids is 1. The third-order valence-corrected chi connectivity index (χ3v) is 4.78. The first-order chi connectivity index (χ1) is 12.5. The van der Waals surface area contributed by atoms with Crippen molar-refractivity contribution in [3.63, 3.8) is 0 Å². The summed E-state index contributed by atoms with van der Waals surface area (Å²) in [5.74, 6) is 2.46. The van der Waals surface area contributed by atoms with E-state index in [4.69, 9.17) is 0 Å². The molecule has 152 valence electrons. The molecule has 5 nitrogen and oxygen atoms in total. The van der Waals surface area contributed by atoms with Crippen LogP contribution in [0.3, 0.4) is 0 Å². The van der Waals surface area contributed by atoms with Crippen molar-refractivity contribution in [2.75, 3.05) is 26.7 Å². The number of nitrogens with zero attached hydrogens (tertiary/aromatic N) is 2. The van der Waals surface area contributed by atoms with Crippen molar-refractivity contribution in [1.29, 1.82) is 0 Å². The lowest BCUT2D eigenvalue weighted by atomic mass is 9.97. The molecule has 0 spiro atoms. The fourth-order valence-corrected chi connectivity index (χ4v) is 3.56. The molecule has 1 amide bonds. The van der Waals surface area contributed by atoms with Crippen LogP contribution >= 0.6 is 24.0 Å². The molecule has 1 aliphatic heterocycles. The first-order valence-electron chi connectivity index (χ1n) is 9.86. The summed E-state index contributed by atoms with van der Waals surface area (Å²) in [6.07, 6.45) is 3.46. The molecule has 0 radical (unpaired) electrons. The van der Waals surface area contributed by atoms with Gasteiger partial charge in [-0.05, 0) is 48.8 Å². The zero-order valence-electron chi connectivity index (χ0n) is 17.1. The van der Waals surface area contributed by atoms with Crippen LogP contribution in [0.1, 0.15) is 56.0 Å². The van der Waals surface area contributed by atoms with Gasteiger partial charge in [-0.1, -0.05) is 32.9 Å². The molecule has 0 aliphatic carbocycles. The summed E-state index contributed by atoms with van der Waals surface area (Å²) >= 11 is 0. The molecular weight excluding hydrogens is 451 g/mol. The molecule has 1 saturated heterocycles. The molecule has 0 bridgehead atoms. The molecule has 2 rings (SSSR count). The number of carbonyl (C=O) groups is 1. The number of hydrogen-bond donors (Lipinski definition) is 2. The van der Waals surface area contributed by atoms with E-state index in [1.165, 1.54) is 12.8 Å². The van der Waals surface area contributed by atoms with Crippen molar-refractivity contribution in [3.05, 3.63) is 35.4 Å². The zero-order valence-corrected chi connectivity index (χ0v) is 19.5. The van der Waals surface area contributed by atoms with Gasteiger partial charge in [0.1, 0.15) is 0 Å². The Hall–Kier alpha value is -1.31. The Balaban J connectivity index is 0.00000364. The Morgan fingerprint density at radius 2 is 2.11 bits per heavy atom. The molecule has 0 aromatic heterocycles. The molecule has 1 atom stereocenters.